The summed E-state index contributed by atoms with van der Waals surface area (Å²) in [6, 6.07) is 19.3. The summed E-state index contributed by atoms with van der Waals surface area (Å²) in [5.74, 6) is -0.0903. The molecule has 0 aliphatic heterocycles. The highest BCUT2D eigenvalue weighted by Crippen LogP contribution is 2.17. The lowest BCUT2D eigenvalue weighted by Crippen LogP contribution is -2.22. The molecular formula is C19H16FN3O. The van der Waals surface area contributed by atoms with Crippen LogP contribution in [0.1, 0.15) is 15.9 Å². The number of rotatable bonds is 5. The van der Waals surface area contributed by atoms with Crippen molar-refractivity contribution < 1.29 is 9.18 Å². The number of para-hydroxylation sites is 1. The molecule has 5 heteroatoms. The summed E-state index contributed by atoms with van der Waals surface area (Å²) < 4.78 is 13.6. The summed E-state index contributed by atoms with van der Waals surface area (Å²) in [7, 11) is 0. The summed E-state index contributed by atoms with van der Waals surface area (Å²) in [4.78, 5) is 16.3. The molecule has 0 atom stereocenters. The van der Waals surface area contributed by atoms with E-state index in [0.717, 1.165) is 5.56 Å². The van der Waals surface area contributed by atoms with Crippen LogP contribution < -0.4 is 10.6 Å². The predicted octanol–water partition coefficient (Wildman–Crippen LogP) is 3.89. The van der Waals surface area contributed by atoms with Crippen LogP contribution in [0.25, 0.3) is 0 Å². The number of nitrogens with one attached hydrogen (secondary N) is 2. The first-order valence-corrected chi connectivity index (χ1v) is 7.52. The van der Waals surface area contributed by atoms with Crippen molar-refractivity contribution in [2.24, 2.45) is 0 Å². The van der Waals surface area contributed by atoms with E-state index >= 15 is 0 Å². The van der Waals surface area contributed by atoms with E-state index in [-0.39, 0.29) is 11.7 Å². The van der Waals surface area contributed by atoms with Crippen molar-refractivity contribution in [1.82, 2.24) is 10.3 Å². The zero-order valence-electron chi connectivity index (χ0n) is 12.9. The van der Waals surface area contributed by atoms with Crippen molar-refractivity contribution in [3.8, 4) is 0 Å². The first-order valence-electron chi connectivity index (χ1n) is 7.52. The third-order valence-corrected chi connectivity index (χ3v) is 3.46. The summed E-state index contributed by atoms with van der Waals surface area (Å²) in [5.41, 5.74) is 1.81. The quantitative estimate of drug-likeness (QED) is 0.749. The van der Waals surface area contributed by atoms with E-state index < -0.39 is 0 Å². The minimum atomic E-state index is -0.357. The van der Waals surface area contributed by atoms with Gasteiger partial charge in [-0.3, -0.25) is 4.79 Å². The van der Waals surface area contributed by atoms with Gasteiger partial charge < -0.3 is 10.6 Å². The molecule has 0 saturated heterocycles. The Hall–Kier alpha value is -3.21. The summed E-state index contributed by atoms with van der Waals surface area (Å²) in [5, 5.41) is 5.71. The van der Waals surface area contributed by atoms with Crippen molar-refractivity contribution in [1.29, 1.82) is 0 Å². The molecule has 2 N–H and O–H groups in total. The van der Waals surface area contributed by atoms with E-state index in [1.807, 2.05) is 30.3 Å². The van der Waals surface area contributed by atoms with Gasteiger partial charge in [-0.05, 0) is 29.8 Å². The Kier molecular flexibility index (Phi) is 4.81. The first-order chi connectivity index (χ1) is 11.7. The van der Waals surface area contributed by atoms with E-state index in [4.69, 9.17) is 0 Å². The van der Waals surface area contributed by atoms with Gasteiger partial charge in [0.1, 0.15) is 11.6 Å². The molecule has 0 spiro atoms. The number of amides is 1. The fraction of sp³-hybridized carbons (Fsp3) is 0.0526. The summed E-state index contributed by atoms with van der Waals surface area (Å²) >= 11 is 0. The van der Waals surface area contributed by atoms with E-state index in [9.17, 15) is 9.18 Å². The lowest BCUT2D eigenvalue weighted by atomic mass is 10.2. The molecule has 2 aromatic carbocycles. The predicted molar refractivity (Wildman–Crippen MR) is 91.5 cm³/mol. The molecule has 4 nitrogen and oxygen atoms in total. The second-order valence-corrected chi connectivity index (χ2v) is 5.21. The monoisotopic (exact) mass is 321 g/mol. The molecule has 0 fully saturated rings. The van der Waals surface area contributed by atoms with Crippen LogP contribution in [-0.4, -0.2) is 10.9 Å². The highest BCUT2D eigenvalue weighted by Gasteiger charge is 2.07. The minimum Gasteiger partial charge on any atom is -0.348 e. The number of carbonyl (C=O) groups is 1. The molecule has 120 valence electrons. The Balaban J connectivity index is 1.61. The summed E-state index contributed by atoms with van der Waals surface area (Å²) in [6.45, 7) is 0.453. The van der Waals surface area contributed by atoms with Gasteiger partial charge in [-0.15, -0.1) is 0 Å². The van der Waals surface area contributed by atoms with Crippen LogP contribution in [0.3, 0.4) is 0 Å². The van der Waals surface area contributed by atoms with Gasteiger partial charge in [0.15, 0.2) is 0 Å². The van der Waals surface area contributed by atoms with Crippen molar-refractivity contribution in [2.45, 2.75) is 6.54 Å². The fourth-order valence-electron chi connectivity index (χ4n) is 2.18. The number of carbonyl (C=O) groups excluding carboxylic acids is 1. The molecule has 0 radical (unpaired) electrons. The van der Waals surface area contributed by atoms with Gasteiger partial charge in [0.25, 0.3) is 5.91 Å². The largest absolute Gasteiger partial charge is 0.348 e. The average molecular weight is 321 g/mol. The standard InChI is InChI=1S/C19H16FN3O/c20-16-8-4-5-9-17(16)23-18-11-10-15(13-21-18)19(24)22-12-14-6-2-1-3-7-14/h1-11,13H,12H2,(H,21,23)(H,22,24). The number of pyridine rings is 1. The third-order valence-electron chi connectivity index (χ3n) is 3.46. The highest BCUT2D eigenvalue weighted by atomic mass is 19.1. The van der Waals surface area contributed by atoms with E-state index in [1.54, 1.807) is 30.3 Å². The number of aromatic nitrogens is 1. The van der Waals surface area contributed by atoms with Crippen LogP contribution in [0, 0.1) is 5.82 Å². The second-order valence-electron chi connectivity index (χ2n) is 5.21. The van der Waals surface area contributed by atoms with Gasteiger partial charge >= 0.3 is 0 Å². The van der Waals surface area contributed by atoms with Gasteiger partial charge in [-0.1, -0.05) is 42.5 Å². The number of nitrogens with zero attached hydrogens (tertiary/aromatic N) is 1. The van der Waals surface area contributed by atoms with Gasteiger partial charge in [-0.2, -0.15) is 0 Å². The Morgan fingerprint density at radius 1 is 0.958 bits per heavy atom. The lowest BCUT2D eigenvalue weighted by Gasteiger charge is -2.08. The Labute approximate surface area is 139 Å². The van der Waals surface area contributed by atoms with Crippen molar-refractivity contribution in [2.75, 3.05) is 5.32 Å². The van der Waals surface area contributed by atoms with Crippen molar-refractivity contribution in [3.63, 3.8) is 0 Å². The van der Waals surface area contributed by atoms with Crippen LogP contribution in [0.15, 0.2) is 72.9 Å². The molecule has 3 aromatic rings. The molecule has 1 heterocycles. The number of benzene rings is 2. The molecule has 0 saturated carbocycles. The number of hydrogen-bond donors (Lipinski definition) is 2. The number of halogens is 1. The SMILES string of the molecule is O=C(NCc1ccccc1)c1ccc(Nc2ccccc2F)nc1. The fourth-order valence-corrected chi connectivity index (χ4v) is 2.18. The van der Waals surface area contributed by atoms with Gasteiger partial charge in [0.05, 0.1) is 11.3 Å². The molecule has 3 rings (SSSR count). The van der Waals surface area contributed by atoms with E-state index in [1.165, 1.54) is 12.3 Å². The van der Waals surface area contributed by atoms with Gasteiger partial charge in [0, 0.05) is 12.7 Å². The maximum absolute atomic E-state index is 13.6. The Morgan fingerprint density at radius 2 is 1.71 bits per heavy atom. The van der Waals surface area contributed by atoms with E-state index in [2.05, 4.69) is 15.6 Å². The number of anilines is 2. The van der Waals surface area contributed by atoms with Crippen molar-refractivity contribution in [3.05, 3.63) is 89.9 Å². The molecule has 0 bridgehead atoms. The Morgan fingerprint density at radius 3 is 2.42 bits per heavy atom. The minimum absolute atomic E-state index is 0.205. The molecule has 1 amide bonds. The maximum atomic E-state index is 13.6. The van der Waals surface area contributed by atoms with Crippen LogP contribution in [-0.2, 0) is 6.54 Å². The Bertz CT molecular complexity index is 820. The topological polar surface area (TPSA) is 54.0 Å². The average Bonchev–Trinajstić information content (AvgIpc) is 2.63. The molecule has 0 unspecified atom stereocenters. The zero-order valence-corrected chi connectivity index (χ0v) is 12.9. The molecule has 0 aliphatic rings. The molecule has 24 heavy (non-hydrogen) atoms. The molecule has 0 aliphatic carbocycles. The highest BCUT2D eigenvalue weighted by molar-refractivity contribution is 5.94. The van der Waals surface area contributed by atoms with Crippen LogP contribution in [0.5, 0.6) is 0 Å². The lowest BCUT2D eigenvalue weighted by molar-refractivity contribution is 0.0950. The van der Waals surface area contributed by atoms with E-state index in [0.29, 0.717) is 23.6 Å². The third kappa shape index (κ3) is 3.95. The van der Waals surface area contributed by atoms with Crippen LogP contribution in [0.2, 0.25) is 0 Å². The smallest absolute Gasteiger partial charge is 0.253 e. The second kappa shape index (κ2) is 7.37. The maximum Gasteiger partial charge on any atom is 0.253 e. The van der Waals surface area contributed by atoms with Gasteiger partial charge in [-0.25, -0.2) is 9.37 Å². The van der Waals surface area contributed by atoms with Gasteiger partial charge in [0.2, 0.25) is 0 Å². The molecular weight excluding hydrogens is 305 g/mol. The number of hydrogen-bond acceptors (Lipinski definition) is 3. The zero-order chi connectivity index (χ0) is 16.8. The first kappa shape index (κ1) is 15.7. The summed E-state index contributed by atoms with van der Waals surface area (Å²) in [6.07, 6.45) is 1.46. The van der Waals surface area contributed by atoms with Crippen LogP contribution >= 0.6 is 0 Å². The normalized spacial score (nSPS) is 10.2. The molecule has 1 aromatic heterocycles. The van der Waals surface area contributed by atoms with Crippen LogP contribution in [0.4, 0.5) is 15.9 Å². The van der Waals surface area contributed by atoms with Crippen molar-refractivity contribution >= 4 is 17.4 Å².